The third-order valence-corrected chi connectivity index (χ3v) is 5.91. The van der Waals surface area contributed by atoms with Crippen molar-refractivity contribution >= 4 is 11.4 Å². The van der Waals surface area contributed by atoms with Gasteiger partial charge in [0.2, 0.25) is 0 Å². The normalized spacial score (nSPS) is 18.3. The molecule has 1 saturated heterocycles. The molecule has 8 heteroatoms. The first-order valence-corrected chi connectivity index (χ1v) is 11.1. The van der Waals surface area contributed by atoms with Gasteiger partial charge < -0.3 is 24.2 Å². The molecule has 1 atom stereocenters. The van der Waals surface area contributed by atoms with Crippen LogP contribution in [0.1, 0.15) is 29.6 Å². The quantitative estimate of drug-likeness (QED) is 0.670. The van der Waals surface area contributed by atoms with Crippen LogP contribution in [-0.2, 0) is 16.1 Å². The number of hydrogen-bond donors (Lipinski definition) is 1. The van der Waals surface area contributed by atoms with Gasteiger partial charge in [0.25, 0.3) is 0 Å². The van der Waals surface area contributed by atoms with E-state index in [1.54, 1.807) is 14.2 Å². The molecular weight excluding hydrogens is 408 g/mol. The van der Waals surface area contributed by atoms with E-state index in [9.17, 15) is 5.11 Å². The van der Waals surface area contributed by atoms with Crippen molar-refractivity contribution in [3.8, 4) is 5.75 Å². The Labute approximate surface area is 189 Å². The number of rotatable bonds is 8. The van der Waals surface area contributed by atoms with Crippen LogP contribution in [0.15, 0.2) is 36.4 Å². The van der Waals surface area contributed by atoms with E-state index in [0.717, 1.165) is 66.8 Å². The SMILES string of the molecule is COCc1cc(N2CCOCC2)nc(C2=CCN(CC(O)c3ccc(OC)cc3)CC2)n1. The number of hydrogen-bond acceptors (Lipinski definition) is 8. The summed E-state index contributed by atoms with van der Waals surface area (Å²) < 4.78 is 16.0. The molecule has 32 heavy (non-hydrogen) atoms. The summed E-state index contributed by atoms with van der Waals surface area (Å²) >= 11 is 0. The van der Waals surface area contributed by atoms with Crippen molar-refractivity contribution in [3.05, 3.63) is 53.5 Å². The summed E-state index contributed by atoms with van der Waals surface area (Å²) in [5.74, 6) is 2.50. The largest absolute Gasteiger partial charge is 0.497 e. The molecule has 1 aromatic carbocycles. The lowest BCUT2D eigenvalue weighted by molar-refractivity contribution is 0.119. The monoisotopic (exact) mass is 440 g/mol. The summed E-state index contributed by atoms with van der Waals surface area (Å²) in [5, 5.41) is 10.6. The number of ether oxygens (including phenoxy) is 3. The Morgan fingerprint density at radius 3 is 2.53 bits per heavy atom. The summed E-state index contributed by atoms with van der Waals surface area (Å²) in [5.41, 5.74) is 2.93. The van der Waals surface area contributed by atoms with Crippen molar-refractivity contribution in [2.24, 2.45) is 0 Å². The van der Waals surface area contributed by atoms with Crippen LogP contribution in [0, 0.1) is 0 Å². The molecule has 1 fully saturated rings. The van der Waals surface area contributed by atoms with Gasteiger partial charge in [-0.1, -0.05) is 18.2 Å². The smallest absolute Gasteiger partial charge is 0.157 e. The van der Waals surface area contributed by atoms with Gasteiger partial charge in [0, 0.05) is 45.9 Å². The first-order chi connectivity index (χ1) is 15.7. The number of anilines is 1. The Hall–Kier alpha value is -2.52. The minimum atomic E-state index is -0.537. The van der Waals surface area contributed by atoms with E-state index in [1.165, 1.54) is 0 Å². The highest BCUT2D eigenvalue weighted by Crippen LogP contribution is 2.25. The zero-order valence-corrected chi connectivity index (χ0v) is 18.9. The maximum Gasteiger partial charge on any atom is 0.157 e. The minimum absolute atomic E-state index is 0.459. The van der Waals surface area contributed by atoms with Crippen molar-refractivity contribution in [3.63, 3.8) is 0 Å². The van der Waals surface area contributed by atoms with Gasteiger partial charge >= 0.3 is 0 Å². The third kappa shape index (κ3) is 5.63. The van der Waals surface area contributed by atoms with Gasteiger partial charge in [-0.05, 0) is 29.7 Å². The predicted octanol–water partition coefficient (Wildman–Crippen LogP) is 2.29. The Morgan fingerprint density at radius 2 is 1.88 bits per heavy atom. The lowest BCUT2D eigenvalue weighted by atomic mass is 10.0. The molecule has 0 radical (unpaired) electrons. The maximum absolute atomic E-state index is 10.6. The van der Waals surface area contributed by atoms with E-state index < -0.39 is 6.10 Å². The first-order valence-electron chi connectivity index (χ1n) is 11.1. The lowest BCUT2D eigenvalue weighted by Gasteiger charge is -2.30. The maximum atomic E-state index is 10.6. The fourth-order valence-corrected chi connectivity index (χ4v) is 4.06. The number of methoxy groups -OCH3 is 2. The number of β-amino-alcohol motifs (C(OH)–C–C–N with tert-alkyl or cyclic N) is 1. The van der Waals surface area contributed by atoms with Crippen LogP contribution in [0.25, 0.3) is 5.57 Å². The highest BCUT2D eigenvalue weighted by Gasteiger charge is 2.21. The molecule has 1 aromatic heterocycles. The standard InChI is InChI=1S/C24H32N4O4/c1-30-17-20-15-23(28-11-13-32-14-12-28)26-24(25-20)19-7-9-27(10-8-19)16-22(29)18-3-5-21(31-2)6-4-18/h3-7,15,22,29H,8-14,16-17H2,1-2H3. The molecule has 3 heterocycles. The lowest BCUT2D eigenvalue weighted by Crippen LogP contribution is -2.37. The fourth-order valence-electron chi connectivity index (χ4n) is 4.06. The molecular formula is C24H32N4O4. The molecule has 1 unspecified atom stereocenters. The Balaban J connectivity index is 1.43. The average molecular weight is 441 g/mol. The molecule has 2 aliphatic rings. The topological polar surface area (TPSA) is 80.2 Å². The van der Waals surface area contributed by atoms with Crippen LogP contribution in [0.3, 0.4) is 0 Å². The van der Waals surface area contributed by atoms with Crippen LogP contribution in [-0.4, -0.2) is 80.1 Å². The van der Waals surface area contributed by atoms with E-state index in [0.29, 0.717) is 26.4 Å². The number of benzene rings is 1. The number of morpholine rings is 1. The summed E-state index contributed by atoms with van der Waals surface area (Å²) in [4.78, 5) is 14.1. The van der Waals surface area contributed by atoms with Crippen molar-refractivity contribution in [2.45, 2.75) is 19.1 Å². The van der Waals surface area contributed by atoms with Gasteiger partial charge in [-0.3, -0.25) is 4.90 Å². The molecule has 2 aromatic rings. The van der Waals surface area contributed by atoms with Crippen LogP contribution in [0.2, 0.25) is 0 Å². The second-order valence-electron chi connectivity index (χ2n) is 8.10. The number of aromatic nitrogens is 2. The highest BCUT2D eigenvalue weighted by molar-refractivity contribution is 5.62. The van der Waals surface area contributed by atoms with Crippen molar-refractivity contribution in [1.82, 2.24) is 14.9 Å². The second-order valence-corrected chi connectivity index (χ2v) is 8.10. The van der Waals surface area contributed by atoms with Gasteiger partial charge in [-0.25, -0.2) is 9.97 Å². The molecule has 8 nitrogen and oxygen atoms in total. The van der Waals surface area contributed by atoms with Gasteiger partial charge in [-0.2, -0.15) is 0 Å². The van der Waals surface area contributed by atoms with Gasteiger partial charge in [0.05, 0.1) is 38.7 Å². The van der Waals surface area contributed by atoms with E-state index >= 15 is 0 Å². The summed E-state index contributed by atoms with van der Waals surface area (Å²) in [6, 6.07) is 9.60. The summed E-state index contributed by atoms with van der Waals surface area (Å²) in [7, 11) is 3.32. The predicted molar refractivity (Wildman–Crippen MR) is 123 cm³/mol. The van der Waals surface area contributed by atoms with Gasteiger partial charge in [0.1, 0.15) is 11.6 Å². The Morgan fingerprint density at radius 1 is 1.09 bits per heavy atom. The third-order valence-electron chi connectivity index (χ3n) is 5.91. The highest BCUT2D eigenvalue weighted by atomic mass is 16.5. The van der Waals surface area contributed by atoms with Crippen LogP contribution in [0.4, 0.5) is 5.82 Å². The summed E-state index contributed by atoms with van der Waals surface area (Å²) in [6.07, 6.45) is 2.48. The number of aliphatic hydroxyl groups is 1. The molecule has 0 bridgehead atoms. The minimum Gasteiger partial charge on any atom is -0.497 e. The van der Waals surface area contributed by atoms with E-state index in [4.69, 9.17) is 24.2 Å². The molecule has 1 N–H and O–H groups in total. The molecule has 4 rings (SSSR count). The van der Waals surface area contributed by atoms with Crippen molar-refractivity contribution in [1.29, 1.82) is 0 Å². The van der Waals surface area contributed by atoms with Crippen LogP contribution in [0.5, 0.6) is 5.75 Å². The molecule has 2 aliphatic heterocycles. The fraction of sp³-hybridized carbons (Fsp3) is 0.500. The zero-order chi connectivity index (χ0) is 22.3. The molecule has 0 spiro atoms. The molecule has 172 valence electrons. The van der Waals surface area contributed by atoms with Crippen molar-refractivity contribution < 1.29 is 19.3 Å². The van der Waals surface area contributed by atoms with Gasteiger partial charge in [0.15, 0.2) is 5.82 Å². The van der Waals surface area contributed by atoms with E-state index in [2.05, 4.69) is 15.9 Å². The van der Waals surface area contributed by atoms with Gasteiger partial charge in [-0.15, -0.1) is 0 Å². The molecule has 0 amide bonds. The first kappa shape index (κ1) is 22.7. The van der Waals surface area contributed by atoms with Crippen molar-refractivity contribution in [2.75, 3.05) is 65.1 Å². The zero-order valence-electron chi connectivity index (χ0n) is 18.9. The Bertz CT molecular complexity index is 913. The van der Waals surface area contributed by atoms with Crippen LogP contribution >= 0.6 is 0 Å². The molecule has 0 saturated carbocycles. The molecule has 0 aliphatic carbocycles. The Kier molecular flexibility index (Phi) is 7.70. The summed E-state index contributed by atoms with van der Waals surface area (Å²) in [6.45, 7) is 5.75. The number of nitrogens with zero attached hydrogens (tertiary/aromatic N) is 4. The van der Waals surface area contributed by atoms with E-state index in [1.807, 2.05) is 30.3 Å². The average Bonchev–Trinajstić information content (AvgIpc) is 2.85. The number of aliphatic hydroxyl groups excluding tert-OH is 1. The van der Waals surface area contributed by atoms with E-state index in [-0.39, 0.29) is 0 Å². The van der Waals surface area contributed by atoms with Crippen LogP contribution < -0.4 is 9.64 Å². The second kappa shape index (κ2) is 10.9.